The predicted molar refractivity (Wildman–Crippen MR) is 96.9 cm³/mol. The smallest absolute Gasteiger partial charge is 0.410 e. The summed E-state index contributed by atoms with van der Waals surface area (Å²) in [5, 5.41) is 2.58. The second-order valence-corrected chi connectivity index (χ2v) is 7.23. The lowest BCUT2D eigenvalue weighted by molar-refractivity contribution is 0.0259. The topological polar surface area (TPSA) is 58.6 Å². The van der Waals surface area contributed by atoms with E-state index in [0.29, 0.717) is 26.1 Å². The van der Waals surface area contributed by atoms with Crippen LogP contribution in [0.1, 0.15) is 44.5 Å². The summed E-state index contributed by atoms with van der Waals surface area (Å²) in [5.41, 5.74) is -0.545. The van der Waals surface area contributed by atoms with Crippen LogP contribution in [0, 0.1) is 5.82 Å². The largest absolute Gasteiger partial charge is 0.444 e. The van der Waals surface area contributed by atoms with Gasteiger partial charge in [-0.3, -0.25) is 4.79 Å². The van der Waals surface area contributed by atoms with Gasteiger partial charge in [-0.15, -0.1) is 0 Å². The summed E-state index contributed by atoms with van der Waals surface area (Å²) in [6.07, 6.45) is 0.121. The standard InChI is InChI=1S/C17H23Cl2FN2O3/c1-5-22(16(24)25-17(2,3)4)8-6-7-21-15(23)11-9-14(20)13(19)10-12(11)18/h9-10H,5-8H2,1-4H3,(H,21,23). The summed E-state index contributed by atoms with van der Waals surface area (Å²) in [4.78, 5) is 25.6. The molecule has 0 unspecified atom stereocenters. The van der Waals surface area contributed by atoms with Crippen LogP contribution in [0.3, 0.4) is 0 Å². The molecule has 0 saturated heterocycles. The first-order valence-corrected chi connectivity index (χ1v) is 8.71. The zero-order chi connectivity index (χ0) is 19.2. The Hall–Kier alpha value is -1.53. The van der Waals surface area contributed by atoms with Crippen LogP contribution in [0.15, 0.2) is 12.1 Å². The van der Waals surface area contributed by atoms with Crippen molar-refractivity contribution >= 4 is 35.2 Å². The summed E-state index contributed by atoms with van der Waals surface area (Å²) < 4.78 is 18.8. The number of benzene rings is 1. The number of amides is 2. The lowest BCUT2D eigenvalue weighted by atomic mass is 10.2. The zero-order valence-electron chi connectivity index (χ0n) is 14.8. The number of nitrogens with one attached hydrogen (secondary N) is 1. The van der Waals surface area contributed by atoms with Crippen molar-refractivity contribution in [1.82, 2.24) is 10.2 Å². The van der Waals surface area contributed by atoms with Crippen molar-refractivity contribution < 1.29 is 18.7 Å². The number of ether oxygens (including phenoxy) is 1. The van der Waals surface area contributed by atoms with Gasteiger partial charge in [0.2, 0.25) is 0 Å². The molecule has 0 radical (unpaired) electrons. The monoisotopic (exact) mass is 392 g/mol. The molecule has 0 fully saturated rings. The van der Waals surface area contributed by atoms with Gasteiger partial charge in [0, 0.05) is 19.6 Å². The Morgan fingerprint density at radius 1 is 1.24 bits per heavy atom. The molecule has 0 spiro atoms. The van der Waals surface area contributed by atoms with Crippen molar-refractivity contribution in [1.29, 1.82) is 0 Å². The molecule has 1 rings (SSSR count). The van der Waals surface area contributed by atoms with Crippen molar-refractivity contribution in [3.05, 3.63) is 33.6 Å². The highest BCUT2D eigenvalue weighted by Crippen LogP contribution is 2.24. The normalized spacial score (nSPS) is 11.2. The fourth-order valence-corrected chi connectivity index (χ4v) is 2.44. The number of rotatable bonds is 6. The summed E-state index contributed by atoms with van der Waals surface area (Å²) in [5.74, 6) is -1.21. The molecule has 0 bridgehead atoms. The average molecular weight is 393 g/mol. The molecule has 5 nitrogen and oxygen atoms in total. The first kappa shape index (κ1) is 21.5. The van der Waals surface area contributed by atoms with Crippen LogP contribution in [0.2, 0.25) is 10.0 Å². The van der Waals surface area contributed by atoms with Gasteiger partial charge in [0.05, 0.1) is 15.6 Å². The van der Waals surface area contributed by atoms with Crippen molar-refractivity contribution in [2.75, 3.05) is 19.6 Å². The first-order chi connectivity index (χ1) is 11.5. The average Bonchev–Trinajstić information content (AvgIpc) is 2.48. The van der Waals surface area contributed by atoms with E-state index in [2.05, 4.69) is 5.32 Å². The van der Waals surface area contributed by atoms with Crippen LogP contribution in [-0.2, 0) is 4.74 Å². The van der Waals surface area contributed by atoms with Crippen LogP contribution in [0.4, 0.5) is 9.18 Å². The SMILES string of the molecule is CCN(CCCNC(=O)c1cc(F)c(Cl)cc1Cl)C(=O)OC(C)(C)C. The Labute approximate surface area is 157 Å². The Morgan fingerprint density at radius 2 is 1.88 bits per heavy atom. The van der Waals surface area contributed by atoms with Crippen molar-refractivity contribution in [2.24, 2.45) is 0 Å². The quantitative estimate of drug-likeness (QED) is 0.572. The summed E-state index contributed by atoms with van der Waals surface area (Å²) in [7, 11) is 0. The molecule has 0 aliphatic heterocycles. The first-order valence-electron chi connectivity index (χ1n) is 7.95. The van der Waals surface area contributed by atoms with Gasteiger partial charge in [-0.25, -0.2) is 9.18 Å². The van der Waals surface area contributed by atoms with Crippen LogP contribution < -0.4 is 5.32 Å². The Kier molecular flexibility index (Phi) is 7.96. The molecule has 2 amide bonds. The van der Waals surface area contributed by atoms with E-state index in [1.165, 1.54) is 6.07 Å². The van der Waals surface area contributed by atoms with Crippen molar-refractivity contribution in [3.8, 4) is 0 Å². The van der Waals surface area contributed by atoms with E-state index in [0.717, 1.165) is 6.07 Å². The van der Waals surface area contributed by atoms with E-state index in [-0.39, 0.29) is 15.6 Å². The molecule has 8 heteroatoms. The van der Waals surface area contributed by atoms with Gasteiger partial charge in [-0.05, 0) is 46.2 Å². The van der Waals surface area contributed by atoms with Gasteiger partial charge in [0.1, 0.15) is 11.4 Å². The van der Waals surface area contributed by atoms with E-state index in [1.54, 1.807) is 25.7 Å². The fourth-order valence-electron chi connectivity index (χ4n) is 1.97. The predicted octanol–water partition coefficient (Wildman–Crippen LogP) is 4.51. The lowest BCUT2D eigenvalue weighted by Gasteiger charge is -2.26. The van der Waals surface area contributed by atoms with Gasteiger partial charge in [-0.2, -0.15) is 0 Å². The van der Waals surface area contributed by atoms with E-state index >= 15 is 0 Å². The highest BCUT2D eigenvalue weighted by atomic mass is 35.5. The molecule has 0 aromatic heterocycles. The minimum atomic E-state index is -0.710. The Morgan fingerprint density at radius 3 is 2.44 bits per heavy atom. The third kappa shape index (κ3) is 7.08. The van der Waals surface area contributed by atoms with Crippen LogP contribution in [-0.4, -0.2) is 42.1 Å². The van der Waals surface area contributed by atoms with Gasteiger partial charge in [0.25, 0.3) is 5.91 Å². The second-order valence-electron chi connectivity index (χ2n) is 6.42. The summed E-state index contributed by atoms with van der Waals surface area (Å²) in [6, 6.07) is 2.19. The van der Waals surface area contributed by atoms with E-state index < -0.39 is 23.4 Å². The minimum absolute atomic E-state index is 0.0167. The molecule has 0 heterocycles. The molecular formula is C17H23Cl2FN2O3. The second kappa shape index (κ2) is 9.25. The summed E-state index contributed by atoms with van der Waals surface area (Å²) >= 11 is 11.5. The molecule has 0 aliphatic carbocycles. The molecule has 25 heavy (non-hydrogen) atoms. The molecule has 0 saturated carbocycles. The third-order valence-electron chi connectivity index (χ3n) is 3.18. The van der Waals surface area contributed by atoms with Gasteiger partial charge in [0.15, 0.2) is 0 Å². The maximum atomic E-state index is 13.5. The fraction of sp³-hybridized carbons (Fsp3) is 0.529. The maximum absolute atomic E-state index is 13.5. The Balaban J connectivity index is 2.50. The molecule has 0 atom stereocenters. The molecule has 1 N–H and O–H groups in total. The van der Waals surface area contributed by atoms with E-state index in [4.69, 9.17) is 27.9 Å². The van der Waals surface area contributed by atoms with E-state index in [1.807, 2.05) is 6.92 Å². The molecule has 1 aromatic rings. The number of hydrogen-bond donors (Lipinski definition) is 1. The highest BCUT2D eigenvalue weighted by molar-refractivity contribution is 6.36. The van der Waals surface area contributed by atoms with Crippen molar-refractivity contribution in [2.45, 2.75) is 39.7 Å². The third-order valence-corrected chi connectivity index (χ3v) is 3.78. The lowest BCUT2D eigenvalue weighted by Crippen LogP contribution is -2.38. The summed E-state index contributed by atoms with van der Waals surface area (Å²) in [6.45, 7) is 8.47. The van der Waals surface area contributed by atoms with Crippen molar-refractivity contribution in [3.63, 3.8) is 0 Å². The highest BCUT2D eigenvalue weighted by Gasteiger charge is 2.21. The van der Waals surface area contributed by atoms with Gasteiger partial charge >= 0.3 is 6.09 Å². The molecule has 0 aliphatic rings. The molecular weight excluding hydrogens is 370 g/mol. The minimum Gasteiger partial charge on any atom is -0.444 e. The number of carbonyl (C=O) groups is 2. The molecule has 1 aromatic carbocycles. The van der Waals surface area contributed by atoms with Crippen LogP contribution in [0.5, 0.6) is 0 Å². The Bertz CT molecular complexity index is 633. The number of nitrogens with zero attached hydrogens (tertiary/aromatic N) is 1. The van der Waals surface area contributed by atoms with Gasteiger partial charge in [-0.1, -0.05) is 23.2 Å². The number of carbonyl (C=O) groups excluding carboxylic acids is 2. The van der Waals surface area contributed by atoms with Crippen LogP contribution >= 0.6 is 23.2 Å². The zero-order valence-corrected chi connectivity index (χ0v) is 16.3. The number of hydrogen-bond acceptors (Lipinski definition) is 3. The molecule has 140 valence electrons. The number of halogens is 3. The van der Waals surface area contributed by atoms with Gasteiger partial charge < -0.3 is 15.0 Å². The van der Waals surface area contributed by atoms with E-state index in [9.17, 15) is 14.0 Å². The van der Waals surface area contributed by atoms with Crippen LogP contribution in [0.25, 0.3) is 0 Å². The maximum Gasteiger partial charge on any atom is 0.410 e.